The highest BCUT2D eigenvalue weighted by atomic mass is 16.5. The molecule has 0 spiro atoms. The Hall–Kier alpha value is -4.79. The minimum absolute atomic E-state index is 0.0245. The summed E-state index contributed by atoms with van der Waals surface area (Å²) in [5.74, 6) is 0.218. The Morgan fingerprint density at radius 1 is 1.05 bits per heavy atom. The normalized spacial score (nSPS) is 20.0. The molecule has 0 radical (unpaired) electrons. The number of nitrogens with zero attached hydrogens (tertiary/aromatic N) is 2. The minimum Gasteiger partial charge on any atom is -0.507 e. The number of fused-ring (bicyclic) bond motifs is 2. The van der Waals surface area contributed by atoms with Gasteiger partial charge in [0, 0.05) is 18.1 Å². The van der Waals surface area contributed by atoms with Gasteiger partial charge in [0.25, 0.3) is 5.78 Å². The topological polar surface area (TPSA) is 114 Å². The number of nitrogens with one attached hydrogen (secondary N) is 1. The van der Waals surface area contributed by atoms with E-state index >= 15 is 0 Å². The van der Waals surface area contributed by atoms with E-state index in [1.165, 1.54) is 12.0 Å². The third-order valence-corrected chi connectivity index (χ3v) is 6.93. The van der Waals surface area contributed by atoms with Crippen molar-refractivity contribution >= 4 is 34.4 Å². The summed E-state index contributed by atoms with van der Waals surface area (Å²) >= 11 is 0. The molecule has 1 amide bonds. The first kappa shape index (κ1) is 23.6. The smallest absolute Gasteiger partial charge is 0.302 e. The molecule has 2 atom stereocenters. The van der Waals surface area contributed by atoms with Crippen LogP contribution in [0.15, 0.2) is 66.2 Å². The monoisotopic (exact) mass is 511 g/mol. The van der Waals surface area contributed by atoms with Crippen molar-refractivity contribution in [2.45, 2.75) is 25.5 Å². The fraction of sp³-hybridized carbons (Fsp3) is 0.207. The Kier molecular flexibility index (Phi) is 5.56. The van der Waals surface area contributed by atoms with E-state index in [2.05, 4.69) is 9.97 Å². The van der Waals surface area contributed by atoms with Gasteiger partial charge in [0.1, 0.15) is 29.1 Å². The van der Waals surface area contributed by atoms with Crippen LogP contribution in [0, 0.1) is 0 Å². The number of methoxy groups -OCH3 is 2. The lowest BCUT2D eigenvalue weighted by Gasteiger charge is -2.23. The van der Waals surface area contributed by atoms with E-state index in [1.54, 1.807) is 67.8 Å². The molecule has 0 aliphatic carbocycles. The van der Waals surface area contributed by atoms with Crippen molar-refractivity contribution in [1.29, 1.82) is 0 Å². The number of aromatic amines is 1. The molecule has 2 N–H and O–H groups in total. The van der Waals surface area contributed by atoms with Crippen molar-refractivity contribution in [2.24, 2.45) is 0 Å². The van der Waals surface area contributed by atoms with Crippen molar-refractivity contribution in [2.75, 3.05) is 19.1 Å². The number of aromatic nitrogens is 2. The highest BCUT2D eigenvalue weighted by Gasteiger charge is 2.48. The van der Waals surface area contributed by atoms with Gasteiger partial charge in [0.15, 0.2) is 0 Å². The van der Waals surface area contributed by atoms with Crippen molar-refractivity contribution in [3.8, 4) is 17.2 Å². The molecule has 9 nitrogen and oxygen atoms in total. The number of hydrogen-bond acceptors (Lipinski definition) is 7. The Bertz CT molecular complexity index is 1640. The first-order valence-corrected chi connectivity index (χ1v) is 12.2. The summed E-state index contributed by atoms with van der Waals surface area (Å²) < 4.78 is 16.5. The Morgan fingerprint density at radius 3 is 2.63 bits per heavy atom. The Labute approximate surface area is 218 Å². The number of aliphatic hydroxyl groups excluding tert-OH is 1. The molecule has 6 rings (SSSR count). The van der Waals surface area contributed by atoms with Crippen molar-refractivity contribution in [3.63, 3.8) is 0 Å². The van der Waals surface area contributed by atoms with Crippen LogP contribution >= 0.6 is 0 Å². The van der Waals surface area contributed by atoms with E-state index in [1.807, 2.05) is 6.92 Å². The molecule has 0 saturated carbocycles. The van der Waals surface area contributed by atoms with Gasteiger partial charge >= 0.3 is 5.91 Å². The van der Waals surface area contributed by atoms with Crippen LogP contribution in [-0.4, -0.2) is 47.1 Å². The van der Waals surface area contributed by atoms with Crippen molar-refractivity contribution in [1.82, 2.24) is 9.97 Å². The number of carbonyl (C=O) groups excluding carboxylic acids is 2. The standard InChI is InChI=1S/C29H25N3O6/c1-15-11-18-12-17(7-10-23(18)38-15)26(33)24-25(16-5-4-6-19(13-16)36-2)32(28(35)27(24)34)29-30-21-9-8-20(37-3)14-22(21)31-29/h4-10,12-15,25,33H,11H2,1-3H3,(H,30,31)/b26-24+. The second-order valence-electron chi connectivity index (χ2n) is 9.34. The SMILES string of the molecule is COc1cccc(C2/C(=C(\O)c3ccc4c(c3)CC(C)O4)C(=O)C(=O)N2c2nc3ccc(OC)cc3[nH]2)c1. The number of benzene rings is 3. The average Bonchev–Trinajstić information content (AvgIpc) is 3.59. The summed E-state index contributed by atoms with van der Waals surface area (Å²) in [5, 5.41) is 11.5. The quantitative estimate of drug-likeness (QED) is 0.230. The van der Waals surface area contributed by atoms with Gasteiger partial charge in [-0.2, -0.15) is 0 Å². The molecule has 2 aliphatic rings. The zero-order chi connectivity index (χ0) is 26.6. The molecular weight excluding hydrogens is 486 g/mol. The highest BCUT2D eigenvalue weighted by Crippen LogP contribution is 2.43. The zero-order valence-electron chi connectivity index (χ0n) is 21.0. The van der Waals surface area contributed by atoms with E-state index in [4.69, 9.17) is 14.2 Å². The number of rotatable bonds is 5. The first-order chi connectivity index (χ1) is 18.4. The summed E-state index contributed by atoms with van der Waals surface area (Å²) in [5.41, 5.74) is 3.15. The van der Waals surface area contributed by atoms with Gasteiger partial charge in [-0.15, -0.1) is 0 Å². The maximum atomic E-state index is 13.5. The fourth-order valence-electron chi connectivity index (χ4n) is 5.12. The van der Waals surface area contributed by atoms with Gasteiger partial charge in [-0.1, -0.05) is 12.1 Å². The van der Waals surface area contributed by atoms with Gasteiger partial charge in [-0.25, -0.2) is 4.98 Å². The molecule has 2 aliphatic heterocycles. The molecule has 38 heavy (non-hydrogen) atoms. The number of carbonyl (C=O) groups is 2. The third-order valence-electron chi connectivity index (χ3n) is 6.93. The summed E-state index contributed by atoms with van der Waals surface area (Å²) in [7, 11) is 3.10. The molecule has 0 bridgehead atoms. The molecular formula is C29H25N3O6. The molecule has 2 unspecified atom stereocenters. The Morgan fingerprint density at radius 2 is 1.84 bits per heavy atom. The predicted octanol–water partition coefficient (Wildman–Crippen LogP) is 4.53. The average molecular weight is 512 g/mol. The van der Waals surface area contributed by atoms with Crippen LogP contribution in [0.1, 0.15) is 29.7 Å². The van der Waals surface area contributed by atoms with Gasteiger partial charge in [-0.05, 0) is 60.5 Å². The van der Waals surface area contributed by atoms with Gasteiger partial charge in [0.2, 0.25) is 5.95 Å². The predicted molar refractivity (Wildman–Crippen MR) is 141 cm³/mol. The number of aliphatic hydroxyl groups is 1. The molecule has 9 heteroatoms. The summed E-state index contributed by atoms with van der Waals surface area (Å²) in [4.78, 5) is 36.0. The summed E-state index contributed by atoms with van der Waals surface area (Å²) in [6.45, 7) is 1.97. The van der Waals surface area contributed by atoms with Crippen LogP contribution in [-0.2, 0) is 16.0 Å². The molecule has 4 aromatic rings. The van der Waals surface area contributed by atoms with Gasteiger partial charge in [-0.3, -0.25) is 14.5 Å². The van der Waals surface area contributed by atoms with Crippen LogP contribution < -0.4 is 19.1 Å². The number of ketones is 1. The summed E-state index contributed by atoms with van der Waals surface area (Å²) in [6, 6.07) is 16.7. The number of amides is 1. The largest absolute Gasteiger partial charge is 0.507 e. The lowest BCUT2D eigenvalue weighted by molar-refractivity contribution is -0.132. The van der Waals surface area contributed by atoms with E-state index in [0.29, 0.717) is 40.1 Å². The highest BCUT2D eigenvalue weighted by molar-refractivity contribution is 6.51. The maximum Gasteiger partial charge on any atom is 0.302 e. The lowest BCUT2D eigenvalue weighted by Crippen LogP contribution is -2.30. The maximum absolute atomic E-state index is 13.5. The van der Waals surface area contributed by atoms with E-state index in [0.717, 1.165) is 11.3 Å². The number of anilines is 1. The Balaban J connectivity index is 1.53. The van der Waals surface area contributed by atoms with Crippen LogP contribution in [0.3, 0.4) is 0 Å². The first-order valence-electron chi connectivity index (χ1n) is 12.2. The van der Waals surface area contributed by atoms with Gasteiger partial charge < -0.3 is 24.3 Å². The minimum atomic E-state index is -0.948. The van der Waals surface area contributed by atoms with E-state index in [9.17, 15) is 14.7 Å². The molecule has 1 aromatic heterocycles. The molecule has 1 fully saturated rings. The van der Waals surface area contributed by atoms with Crippen molar-refractivity contribution in [3.05, 3.63) is 82.9 Å². The third kappa shape index (κ3) is 3.75. The molecule has 3 aromatic carbocycles. The van der Waals surface area contributed by atoms with E-state index in [-0.39, 0.29) is 23.4 Å². The number of Topliss-reactive ketones (excluding diaryl/α,β-unsaturated/α-hetero) is 1. The number of imidazole rings is 1. The van der Waals surface area contributed by atoms with Crippen LogP contribution in [0.5, 0.6) is 17.2 Å². The molecule has 192 valence electrons. The second-order valence-corrected chi connectivity index (χ2v) is 9.34. The van der Waals surface area contributed by atoms with E-state index < -0.39 is 17.7 Å². The zero-order valence-corrected chi connectivity index (χ0v) is 21.0. The number of ether oxygens (including phenoxy) is 3. The van der Waals surface area contributed by atoms with Crippen LogP contribution in [0.2, 0.25) is 0 Å². The second kappa shape index (κ2) is 8.95. The molecule has 1 saturated heterocycles. The van der Waals surface area contributed by atoms with Crippen LogP contribution in [0.25, 0.3) is 16.8 Å². The fourth-order valence-corrected chi connectivity index (χ4v) is 5.12. The van der Waals surface area contributed by atoms with Crippen LogP contribution in [0.4, 0.5) is 5.95 Å². The number of H-pyrrole nitrogens is 1. The van der Waals surface area contributed by atoms with Crippen molar-refractivity contribution < 1.29 is 28.9 Å². The molecule has 3 heterocycles. The van der Waals surface area contributed by atoms with Gasteiger partial charge in [0.05, 0.1) is 36.9 Å². The number of hydrogen-bond donors (Lipinski definition) is 2. The summed E-state index contributed by atoms with van der Waals surface area (Å²) in [6.07, 6.45) is 0.712. The lowest BCUT2D eigenvalue weighted by atomic mass is 9.94.